The highest BCUT2D eigenvalue weighted by molar-refractivity contribution is 6.05. The molecule has 8 amide bonds. The molecule has 5 aliphatic rings. The molecule has 9 rings (SSSR count). The van der Waals surface area contributed by atoms with E-state index in [1.807, 2.05) is 39.8 Å². The highest BCUT2D eigenvalue weighted by Gasteiger charge is 2.49. The second-order valence-corrected chi connectivity index (χ2v) is 27.3. The van der Waals surface area contributed by atoms with Gasteiger partial charge in [-0.3, -0.25) is 43.5 Å². The number of hydrogen-bond donors (Lipinski definition) is 4. The molecule has 0 saturated carbocycles. The zero-order valence-electron chi connectivity index (χ0n) is 54.9. The lowest BCUT2D eigenvalue weighted by atomic mass is 9.83. The van der Waals surface area contributed by atoms with Gasteiger partial charge in [-0.1, -0.05) is 36.4 Å². The van der Waals surface area contributed by atoms with Crippen LogP contribution in [0.15, 0.2) is 78.9 Å². The molecule has 7 atom stereocenters. The number of carbonyl (C=O) groups excluding carboxylic acids is 8. The first-order valence-electron chi connectivity index (χ1n) is 31.7. The van der Waals surface area contributed by atoms with E-state index in [-0.39, 0.29) is 73.9 Å². The third-order valence-corrected chi connectivity index (χ3v) is 17.9. The summed E-state index contributed by atoms with van der Waals surface area (Å²) < 4.78 is 67.0. The molecule has 4 aromatic carbocycles. The second kappa shape index (κ2) is 28.6. The molecule has 0 aromatic heterocycles. The van der Waals surface area contributed by atoms with Crippen molar-refractivity contribution in [3.8, 4) is 0 Å². The van der Waals surface area contributed by atoms with Crippen LogP contribution in [0.25, 0.3) is 0 Å². The van der Waals surface area contributed by atoms with Gasteiger partial charge >= 0.3 is 12.2 Å². The number of nitrogens with one attached hydrogen (secondary N) is 4. The number of carbonyl (C=O) groups is 8. The van der Waals surface area contributed by atoms with Crippen molar-refractivity contribution in [2.45, 2.75) is 148 Å². The first-order valence-corrected chi connectivity index (χ1v) is 31.7. The first kappa shape index (κ1) is 69.2. The molecule has 4 aromatic rings. The third kappa shape index (κ3) is 16.4. The van der Waals surface area contributed by atoms with Crippen LogP contribution in [0.2, 0.25) is 0 Å². The van der Waals surface area contributed by atoms with E-state index in [0.29, 0.717) is 75.5 Å². The standard InChI is InChI=1S/C68H87F3N10O12/c1-40-33-78(49(35-77-25-28-91-38-41(77)2)36-79(40)65(89)93-67(7,8)9)37-56(83)81-39-68(10,51-22-17-44(30-54(51)81)29-43-15-18-47(69)19-16-43)63(87)72-32-55(82)73-48-20-21-50-46(31-48)34-80(59(50)61(85)75-58-52(70)13-12-14-53(58)71)62(86)57(45-23-26-90-27-24-45)74-60(84)42(3)76(11)64(88)92-66(4,5)6/h12-22,30-31,40-42,45,49,57,59H,23-29,32-39H2,1-11H3,(H,72,87)(H,73,82)(H,74,84)(H,75,85)/t40-,41+,42-,49-,57-,59-,68+/m0/s1. The van der Waals surface area contributed by atoms with E-state index in [9.17, 15) is 33.2 Å². The van der Waals surface area contributed by atoms with Crippen LogP contribution >= 0.6 is 0 Å². The van der Waals surface area contributed by atoms with Crippen LogP contribution in [0.5, 0.6) is 0 Å². The quantitative estimate of drug-likeness (QED) is 0.0813. The molecule has 5 aliphatic heterocycles. The monoisotopic (exact) mass is 1290 g/mol. The molecular weight excluding hydrogens is 1210 g/mol. The fourth-order valence-corrected chi connectivity index (χ4v) is 12.7. The number of anilines is 3. The average Bonchev–Trinajstić information content (AvgIpc) is 1.61. The normalized spacial score (nSPS) is 21.8. The fourth-order valence-electron chi connectivity index (χ4n) is 12.7. The molecule has 22 nitrogen and oxygen atoms in total. The summed E-state index contributed by atoms with van der Waals surface area (Å²) in [5.74, 6) is -6.89. The van der Waals surface area contributed by atoms with Crippen molar-refractivity contribution >= 4 is 64.7 Å². The molecule has 0 radical (unpaired) electrons. The maximum atomic E-state index is 15.2. The molecule has 5 heterocycles. The molecule has 0 unspecified atom stereocenters. The highest BCUT2D eigenvalue weighted by atomic mass is 19.1. The lowest BCUT2D eigenvalue weighted by Crippen LogP contribution is -2.64. The van der Waals surface area contributed by atoms with Crippen LogP contribution in [-0.2, 0) is 66.1 Å². The van der Waals surface area contributed by atoms with Crippen molar-refractivity contribution in [3.63, 3.8) is 0 Å². The Morgan fingerprint density at radius 2 is 1.45 bits per heavy atom. The Bertz CT molecular complexity index is 3450. The Kier molecular flexibility index (Phi) is 21.3. The number of fused-ring (bicyclic) bond motifs is 2. The Balaban J connectivity index is 0.940. The minimum Gasteiger partial charge on any atom is -0.444 e. The topological polar surface area (TPSA) is 241 Å². The van der Waals surface area contributed by atoms with Gasteiger partial charge < -0.3 is 54.9 Å². The molecule has 3 saturated heterocycles. The number of rotatable bonds is 17. The Morgan fingerprint density at radius 1 is 0.774 bits per heavy atom. The molecule has 25 heteroatoms. The van der Waals surface area contributed by atoms with E-state index in [0.717, 1.165) is 34.2 Å². The van der Waals surface area contributed by atoms with Crippen LogP contribution in [0, 0.1) is 23.4 Å². The number of morpholine rings is 1. The summed E-state index contributed by atoms with van der Waals surface area (Å²) in [6, 6.07) is 14.8. The van der Waals surface area contributed by atoms with Gasteiger partial charge in [0.05, 0.1) is 31.7 Å². The van der Waals surface area contributed by atoms with E-state index in [1.165, 1.54) is 49.2 Å². The van der Waals surface area contributed by atoms with Crippen LogP contribution in [-0.4, -0.2) is 193 Å². The van der Waals surface area contributed by atoms with Gasteiger partial charge in [0.25, 0.3) is 5.91 Å². The van der Waals surface area contributed by atoms with Gasteiger partial charge in [-0.15, -0.1) is 0 Å². The van der Waals surface area contributed by atoms with Crippen molar-refractivity contribution < 1.29 is 70.5 Å². The molecule has 502 valence electrons. The number of piperazine rings is 1. The molecule has 4 N–H and O–H groups in total. The zero-order valence-corrected chi connectivity index (χ0v) is 54.9. The minimum absolute atomic E-state index is 0.0541. The first-order chi connectivity index (χ1) is 43.9. The predicted molar refractivity (Wildman–Crippen MR) is 340 cm³/mol. The van der Waals surface area contributed by atoms with E-state index in [1.54, 1.807) is 55.7 Å². The molecule has 0 aliphatic carbocycles. The van der Waals surface area contributed by atoms with E-state index in [4.69, 9.17) is 18.9 Å². The molecule has 0 spiro atoms. The SMILES string of the molecule is C[C@@H]1COCCN1C[C@H]1CN(C(=O)OC(C)(C)C)[C@@H](C)CN1CC(=O)N1C[C@@](C)(C(=O)NCC(=O)Nc2ccc3c(c2)CN(C(=O)[C@@H](NC(=O)[C@H](C)N(C)C(=O)OC(C)(C)C)C2CCOCC2)[C@@H]3C(=O)Nc2c(F)cccc2F)c2ccc(Cc3ccc(F)cc3)cc21. The molecule has 3 fully saturated rings. The summed E-state index contributed by atoms with van der Waals surface area (Å²) >= 11 is 0. The summed E-state index contributed by atoms with van der Waals surface area (Å²) in [4.78, 5) is 124. The lowest BCUT2D eigenvalue weighted by Gasteiger charge is -2.47. The van der Waals surface area contributed by atoms with Gasteiger partial charge in [0.2, 0.25) is 29.5 Å². The number of amides is 8. The fraction of sp³-hybridized carbons (Fsp3) is 0.529. The summed E-state index contributed by atoms with van der Waals surface area (Å²) in [7, 11) is 1.39. The Hall–Kier alpha value is -8.13. The van der Waals surface area contributed by atoms with E-state index in [2.05, 4.69) is 38.0 Å². The predicted octanol–water partition coefficient (Wildman–Crippen LogP) is 7.27. The maximum absolute atomic E-state index is 15.2. The van der Waals surface area contributed by atoms with Crippen molar-refractivity contribution in [1.82, 2.24) is 35.1 Å². The van der Waals surface area contributed by atoms with Gasteiger partial charge in [0, 0.05) is 89.0 Å². The number of para-hydroxylation sites is 1. The number of ether oxygens (including phenoxy) is 4. The van der Waals surface area contributed by atoms with Gasteiger partial charge in [-0.05, 0) is 165 Å². The van der Waals surface area contributed by atoms with Gasteiger partial charge in [-0.2, -0.15) is 0 Å². The zero-order chi connectivity index (χ0) is 67.4. The van der Waals surface area contributed by atoms with Gasteiger partial charge in [-0.25, -0.2) is 22.8 Å². The minimum atomic E-state index is -1.50. The highest BCUT2D eigenvalue weighted by Crippen LogP contribution is 2.43. The van der Waals surface area contributed by atoms with Crippen molar-refractivity contribution in [2.75, 3.05) is 94.8 Å². The van der Waals surface area contributed by atoms with E-state index >= 15 is 18.4 Å². The average molecular weight is 1290 g/mol. The van der Waals surface area contributed by atoms with Gasteiger partial charge in [0.1, 0.15) is 52.5 Å². The van der Waals surface area contributed by atoms with Crippen molar-refractivity contribution in [3.05, 3.63) is 124 Å². The van der Waals surface area contributed by atoms with Crippen LogP contribution in [0.4, 0.5) is 39.8 Å². The number of hydrogen-bond acceptors (Lipinski definition) is 14. The lowest BCUT2D eigenvalue weighted by molar-refractivity contribution is -0.144. The number of halogens is 3. The van der Waals surface area contributed by atoms with Crippen LogP contribution in [0.1, 0.15) is 116 Å². The Labute approximate surface area is 541 Å². The van der Waals surface area contributed by atoms with Crippen LogP contribution in [0.3, 0.4) is 0 Å². The summed E-state index contributed by atoms with van der Waals surface area (Å²) in [5.41, 5.74) is -0.235. The largest absolute Gasteiger partial charge is 0.444 e. The summed E-state index contributed by atoms with van der Waals surface area (Å²) in [6.07, 6.45) is -0.144. The number of nitrogens with zero attached hydrogens (tertiary/aromatic N) is 6. The third-order valence-electron chi connectivity index (χ3n) is 17.9. The van der Waals surface area contributed by atoms with E-state index < -0.39 is 106 Å². The molecule has 93 heavy (non-hydrogen) atoms. The van der Waals surface area contributed by atoms with Crippen molar-refractivity contribution in [2.24, 2.45) is 5.92 Å². The second-order valence-electron chi connectivity index (χ2n) is 27.3. The number of benzene rings is 4. The van der Waals surface area contributed by atoms with Crippen molar-refractivity contribution in [1.29, 1.82) is 0 Å². The molecule has 0 bridgehead atoms. The summed E-state index contributed by atoms with van der Waals surface area (Å²) in [6.45, 7) is 20.2. The number of likely N-dealkylation sites (N-methyl/N-ethyl adjacent to an activating group) is 1. The van der Waals surface area contributed by atoms with Gasteiger partial charge in [0.15, 0.2) is 0 Å². The smallest absolute Gasteiger partial charge is 0.410 e. The summed E-state index contributed by atoms with van der Waals surface area (Å²) in [5, 5.41) is 10.8. The maximum Gasteiger partial charge on any atom is 0.410 e. The Morgan fingerprint density at radius 3 is 2.12 bits per heavy atom. The van der Waals surface area contributed by atoms with Crippen LogP contribution < -0.4 is 26.2 Å². The molecular formula is C68H87F3N10O12.